The van der Waals surface area contributed by atoms with Gasteiger partial charge >= 0.3 is 12.1 Å². The van der Waals surface area contributed by atoms with Crippen molar-refractivity contribution in [1.82, 2.24) is 0 Å². The molecular formula is C16H15F3N2O2S2. The summed E-state index contributed by atoms with van der Waals surface area (Å²) in [5.41, 5.74) is 0.537. The first-order chi connectivity index (χ1) is 11.6. The number of alkyl halides is 3. The van der Waals surface area contributed by atoms with Crippen LogP contribution in [0.3, 0.4) is 0 Å². The molecule has 1 aromatic heterocycles. The zero-order valence-electron chi connectivity index (χ0n) is 13.6. The molecule has 2 rings (SSSR count). The van der Waals surface area contributed by atoms with E-state index in [0.717, 1.165) is 22.6 Å². The fraction of sp³-hybridized carbons (Fsp3) is 0.250. The van der Waals surface area contributed by atoms with E-state index in [1.54, 1.807) is 6.92 Å². The minimum Gasteiger partial charge on any atom is -0.465 e. The summed E-state index contributed by atoms with van der Waals surface area (Å²) in [5.74, 6) is -0.508. The summed E-state index contributed by atoms with van der Waals surface area (Å²) in [6.07, 6.45) is -4.44. The highest BCUT2D eigenvalue weighted by Gasteiger charge is 2.30. The predicted octanol–water partition coefficient (Wildman–Crippen LogP) is 4.98. The first kappa shape index (κ1) is 19.2. The third kappa shape index (κ3) is 4.49. The summed E-state index contributed by atoms with van der Waals surface area (Å²) in [6, 6.07) is 4.69. The standard InChI is InChI=1S/C16H15F3N2O2S2/c1-8-9(2)25-13(12(8)14(22)23-3)21-15(24)20-11-6-4-5-10(7-11)16(17,18)19/h4-7H,1-3H3,(H2,20,21,24). The fourth-order valence-electron chi connectivity index (χ4n) is 2.10. The van der Waals surface area contributed by atoms with Crippen LogP contribution in [0.25, 0.3) is 0 Å². The van der Waals surface area contributed by atoms with Crippen LogP contribution in [-0.2, 0) is 10.9 Å². The number of carbonyl (C=O) groups excluding carboxylic acids is 1. The average Bonchev–Trinajstić information content (AvgIpc) is 2.80. The van der Waals surface area contributed by atoms with Gasteiger partial charge in [0.2, 0.25) is 0 Å². The second-order valence-corrected chi connectivity index (χ2v) is 6.77. The number of hydrogen-bond acceptors (Lipinski definition) is 4. The van der Waals surface area contributed by atoms with Gasteiger partial charge in [-0.05, 0) is 49.8 Å². The maximum Gasteiger partial charge on any atom is 0.416 e. The number of hydrogen-bond donors (Lipinski definition) is 2. The Morgan fingerprint density at radius 2 is 1.92 bits per heavy atom. The molecule has 134 valence electrons. The third-order valence-corrected chi connectivity index (χ3v) is 4.78. The van der Waals surface area contributed by atoms with Crippen molar-refractivity contribution in [3.63, 3.8) is 0 Å². The fourth-order valence-corrected chi connectivity index (χ4v) is 3.44. The molecule has 9 heteroatoms. The lowest BCUT2D eigenvalue weighted by atomic mass is 10.1. The van der Waals surface area contributed by atoms with Gasteiger partial charge in [-0.1, -0.05) is 6.07 Å². The highest BCUT2D eigenvalue weighted by atomic mass is 32.1. The molecule has 0 saturated heterocycles. The van der Waals surface area contributed by atoms with Crippen molar-refractivity contribution >= 4 is 45.3 Å². The number of anilines is 2. The molecule has 0 bridgehead atoms. The van der Waals surface area contributed by atoms with Crippen molar-refractivity contribution in [2.45, 2.75) is 20.0 Å². The van der Waals surface area contributed by atoms with Gasteiger partial charge in [-0.2, -0.15) is 13.2 Å². The molecular weight excluding hydrogens is 373 g/mol. The lowest BCUT2D eigenvalue weighted by molar-refractivity contribution is -0.137. The molecule has 0 unspecified atom stereocenters. The summed E-state index contributed by atoms with van der Waals surface area (Å²) in [4.78, 5) is 12.8. The Morgan fingerprint density at radius 3 is 2.52 bits per heavy atom. The topological polar surface area (TPSA) is 50.4 Å². The maximum absolute atomic E-state index is 12.8. The molecule has 0 atom stereocenters. The largest absolute Gasteiger partial charge is 0.465 e. The Hall–Kier alpha value is -2.13. The molecule has 0 aliphatic rings. The van der Waals surface area contributed by atoms with Crippen LogP contribution in [0.5, 0.6) is 0 Å². The quantitative estimate of drug-likeness (QED) is 0.574. The molecule has 0 saturated carbocycles. The van der Waals surface area contributed by atoms with Crippen LogP contribution in [0.15, 0.2) is 24.3 Å². The van der Waals surface area contributed by atoms with Gasteiger partial charge in [-0.15, -0.1) is 11.3 Å². The third-order valence-electron chi connectivity index (χ3n) is 3.45. The van der Waals surface area contributed by atoms with Crippen LogP contribution in [0.4, 0.5) is 23.9 Å². The predicted molar refractivity (Wildman–Crippen MR) is 96.4 cm³/mol. The number of aryl methyl sites for hydroxylation is 1. The highest BCUT2D eigenvalue weighted by molar-refractivity contribution is 7.80. The molecule has 0 fully saturated rings. The van der Waals surface area contributed by atoms with E-state index in [4.69, 9.17) is 17.0 Å². The van der Waals surface area contributed by atoms with E-state index in [9.17, 15) is 18.0 Å². The molecule has 0 aliphatic carbocycles. The maximum atomic E-state index is 12.8. The Bertz CT molecular complexity index is 816. The molecule has 1 heterocycles. The SMILES string of the molecule is COC(=O)c1c(NC(=S)Nc2cccc(C(F)(F)F)c2)sc(C)c1C. The van der Waals surface area contributed by atoms with Crippen molar-refractivity contribution in [3.8, 4) is 0 Å². The normalized spacial score (nSPS) is 11.1. The summed E-state index contributed by atoms with van der Waals surface area (Å²) in [5, 5.41) is 6.09. The van der Waals surface area contributed by atoms with Gasteiger partial charge in [0.25, 0.3) is 0 Å². The average molecular weight is 388 g/mol. The lowest BCUT2D eigenvalue weighted by Crippen LogP contribution is -2.20. The van der Waals surface area contributed by atoms with E-state index in [2.05, 4.69) is 10.6 Å². The Kier molecular flexibility index (Phi) is 5.69. The van der Waals surface area contributed by atoms with Crippen molar-refractivity contribution in [1.29, 1.82) is 0 Å². The number of methoxy groups -OCH3 is 1. The molecule has 0 radical (unpaired) electrons. The van der Waals surface area contributed by atoms with E-state index in [0.29, 0.717) is 10.6 Å². The van der Waals surface area contributed by atoms with Crippen LogP contribution in [0.1, 0.15) is 26.4 Å². The van der Waals surface area contributed by atoms with Crippen molar-refractivity contribution < 1.29 is 22.7 Å². The van der Waals surface area contributed by atoms with Gasteiger partial charge in [0.05, 0.1) is 18.2 Å². The van der Waals surface area contributed by atoms with E-state index < -0.39 is 17.7 Å². The Morgan fingerprint density at radius 1 is 1.24 bits per heavy atom. The number of halogens is 3. The molecule has 4 nitrogen and oxygen atoms in total. The lowest BCUT2D eigenvalue weighted by Gasteiger charge is -2.12. The molecule has 0 amide bonds. The number of esters is 1. The number of ether oxygens (including phenoxy) is 1. The number of rotatable bonds is 3. The molecule has 25 heavy (non-hydrogen) atoms. The summed E-state index contributed by atoms with van der Waals surface area (Å²) >= 11 is 6.45. The molecule has 0 aliphatic heterocycles. The second kappa shape index (κ2) is 7.40. The van der Waals surface area contributed by atoms with E-state index >= 15 is 0 Å². The summed E-state index contributed by atoms with van der Waals surface area (Å²) < 4.78 is 43.0. The molecule has 0 spiro atoms. The van der Waals surface area contributed by atoms with Gasteiger partial charge in [0.15, 0.2) is 5.11 Å². The van der Waals surface area contributed by atoms with Crippen LogP contribution in [0, 0.1) is 13.8 Å². The van der Waals surface area contributed by atoms with Crippen LogP contribution in [0.2, 0.25) is 0 Å². The van der Waals surface area contributed by atoms with E-state index in [1.165, 1.54) is 30.6 Å². The van der Waals surface area contributed by atoms with Crippen molar-refractivity contribution in [3.05, 3.63) is 45.8 Å². The molecule has 1 aromatic carbocycles. The zero-order valence-corrected chi connectivity index (χ0v) is 15.2. The number of carbonyl (C=O) groups is 1. The minimum atomic E-state index is -4.44. The number of nitrogens with one attached hydrogen (secondary N) is 2. The van der Waals surface area contributed by atoms with Crippen LogP contribution in [-0.4, -0.2) is 18.2 Å². The Labute approximate surface area is 152 Å². The number of benzene rings is 1. The zero-order chi connectivity index (χ0) is 18.8. The van der Waals surface area contributed by atoms with Gasteiger partial charge in [0, 0.05) is 10.6 Å². The molecule has 2 N–H and O–H groups in total. The van der Waals surface area contributed by atoms with Gasteiger partial charge < -0.3 is 15.4 Å². The van der Waals surface area contributed by atoms with Crippen molar-refractivity contribution in [2.75, 3.05) is 17.7 Å². The Balaban J connectivity index is 2.19. The van der Waals surface area contributed by atoms with Gasteiger partial charge in [0.1, 0.15) is 5.00 Å². The van der Waals surface area contributed by atoms with Gasteiger partial charge in [-0.3, -0.25) is 0 Å². The second-order valence-electron chi connectivity index (χ2n) is 5.14. The first-order valence-electron chi connectivity index (χ1n) is 7.07. The minimum absolute atomic E-state index is 0.0747. The highest BCUT2D eigenvalue weighted by Crippen LogP contribution is 2.33. The van der Waals surface area contributed by atoms with E-state index in [1.807, 2.05) is 6.92 Å². The number of thiocarbonyl (C=S) groups is 1. The summed E-state index contributed by atoms with van der Waals surface area (Å²) in [6.45, 7) is 3.63. The van der Waals surface area contributed by atoms with Crippen molar-refractivity contribution in [2.24, 2.45) is 0 Å². The monoisotopic (exact) mass is 388 g/mol. The van der Waals surface area contributed by atoms with Crippen LogP contribution < -0.4 is 10.6 Å². The van der Waals surface area contributed by atoms with Crippen LogP contribution >= 0.6 is 23.6 Å². The first-order valence-corrected chi connectivity index (χ1v) is 8.29. The smallest absolute Gasteiger partial charge is 0.416 e. The van der Waals surface area contributed by atoms with E-state index in [-0.39, 0.29) is 10.8 Å². The summed E-state index contributed by atoms with van der Waals surface area (Å²) in [7, 11) is 1.28. The van der Waals surface area contributed by atoms with Gasteiger partial charge in [-0.25, -0.2) is 4.79 Å². The molecule has 2 aromatic rings. The number of thiophene rings is 1.